The average molecular weight is 324 g/mol. The smallest absolute Gasteiger partial charge is 0.257 e. The lowest BCUT2D eigenvalue weighted by molar-refractivity contribution is 0.0953. The lowest BCUT2D eigenvalue weighted by Crippen LogP contribution is -2.32. The molecule has 0 unspecified atom stereocenters. The van der Waals surface area contributed by atoms with Gasteiger partial charge >= 0.3 is 0 Å². The standard InChI is InChI=1S/C16H21N3O2.ClH/c1-3-9-17-10-11-18-16(20)14-12(2)21-19-15(14)13-7-5-4-6-8-13;/h4-8,17H,3,9-11H2,1-2H3,(H,18,20);1H. The number of hydrogen-bond donors (Lipinski definition) is 2. The Hall–Kier alpha value is -1.85. The Morgan fingerprint density at radius 2 is 1.91 bits per heavy atom. The molecule has 1 heterocycles. The van der Waals surface area contributed by atoms with Gasteiger partial charge in [0.15, 0.2) is 0 Å². The molecule has 0 aliphatic rings. The predicted molar refractivity (Wildman–Crippen MR) is 89.4 cm³/mol. The van der Waals surface area contributed by atoms with Crippen molar-refractivity contribution in [1.82, 2.24) is 15.8 Å². The Morgan fingerprint density at radius 1 is 1.18 bits per heavy atom. The second kappa shape index (κ2) is 9.23. The molecule has 0 fully saturated rings. The van der Waals surface area contributed by atoms with Gasteiger partial charge < -0.3 is 15.2 Å². The lowest BCUT2D eigenvalue weighted by atomic mass is 10.1. The summed E-state index contributed by atoms with van der Waals surface area (Å²) >= 11 is 0. The number of nitrogens with zero attached hydrogens (tertiary/aromatic N) is 1. The second-order valence-corrected chi connectivity index (χ2v) is 4.83. The van der Waals surface area contributed by atoms with Gasteiger partial charge in [-0.3, -0.25) is 4.79 Å². The number of rotatable bonds is 7. The van der Waals surface area contributed by atoms with Crippen LogP contribution in [0.3, 0.4) is 0 Å². The maximum Gasteiger partial charge on any atom is 0.257 e. The van der Waals surface area contributed by atoms with E-state index in [1.807, 2.05) is 30.3 Å². The number of aryl methyl sites for hydroxylation is 1. The van der Waals surface area contributed by atoms with Crippen molar-refractivity contribution in [2.24, 2.45) is 0 Å². The molecule has 22 heavy (non-hydrogen) atoms. The van der Waals surface area contributed by atoms with Crippen LogP contribution in [0.5, 0.6) is 0 Å². The minimum atomic E-state index is -0.147. The van der Waals surface area contributed by atoms with Crippen molar-refractivity contribution in [3.05, 3.63) is 41.7 Å². The molecule has 6 heteroatoms. The summed E-state index contributed by atoms with van der Waals surface area (Å²) in [6, 6.07) is 9.58. The molecule has 0 atom stereocenters. The first-order chi connectivity index (χ1) is 10.2. The first-order valence-corrected chi connectivity index (χ1v) is 7.24. The predicted octanol–water partition coefficient (Wildman–Crippen LogP) is 2.80. The van der Waals surface area contributed by atoms with E-state index in [4.69, 9.17) is 4.52 Å². The molecule has 120 valence electrons. The van der Waals surface area contributed by atoms with Crippen molar-refractivity contribution in [2.45, 2.75) is 20.3 Å². The summed E-state index contributed by atoms with van der Waals surface area (Å²) in [6.45, 7) is 6.15. The fourth-order valence-electron chi connectivity index (χ4n) is 2.09. The average Bonchev–Trinajstić information content (AvgIpc) is 2.89. The van der Waals surface area contributed by atoms with Crippen molar-refractivity contribution in [3.63, 3.8) is 0 Å². The highest BCUT2D eigenvalue weighted by molar-refractivity contribution is 6.00. The maximum atomic E-state index is 12.3. The number of benzene rings is 1. The summed E-state index contributed by atoms with van der Waals surface area (Å²) in [4.78, 5) is 12.3. The van der Waals surface area contributed by atoms with Gasteiger partial charge in [0.1, 0.15) is 17.0 Å². The monoisotopic (exact) mass is 323 g/mol. The molecule has 0 radical (unpaired) electrons. The van der Waals surface area contributed by atoms with Gasteiger partial charge in [-0.2, -0.15) is 0 Å². The molecule has 0 saturated heterocycles. The summed E-state index contributed by atoms with van der Waals surface area (Å²) in [7, 11) is 0. The van der Waals surface area contributed by atoms with Gasteiger partial charge in [0.05, 0.1) is 0 Å². The highest BCUT2D eigenvalue weighted by Crippen LogP contribution is 2.24. The van der Waals surface area contributed by atoms with Crippen molar-refractivity contribution in [1.29, 1.82) is 0 Å². The fraction of sp³-hybridized carbons (Fsp3) is 0.375. The molecular weight excluding hydrogens is 302 g/mol. The van der Waals surface area contributed by atoms with Crippen LogP contribution in [0.2, 0.25) is 0 Å². The largest absolute Gasteiger partial charge is 0.360 e. The maximum absolute atomic E-state index is 12.3. The molecule has 0 aliphatic carbocycles. The topological polar surface area (TPSA) is 67.2 Å². The van der Waals surface area contributed by atoms with Crippen molar-refractivity contribution in [3.8, 4) is 11.3 Å². The Bertz CT molecular complexity index is 584. The molecule has 1 aromatic carbocycles. The Morgan fingerprint density at radius 3 is 2.59 bits per heavy atom. The summed E-state index contributed by atoms with van der Waals surface area (Å²) in [5.41, 5.74) is 1.98. The van der Waals surface area contributed by atoms with Gasteiger partial charge in [0, 0.05) is 18.7 Å². The third kappa shape index (κ3) is 4.58. The van der Waals surface area contributed by atoms with Crippen LogP contribution in [0.1, 0.15) is 29.5 Å². The van der Waals surface area contributed by atoms with Crippen LogP contribution in [-0.4, -0.2) is 30.7 Å². The van der Waals surface area contributed by atoms with Gasteiger partial charge in [-0.1, -0.05) is 42.4 Å². The quantitative estimate of drug-likeness (QED) is 0.769. The molecule has 1 aromatic heterocycles. The second-order valence-electron chi connectivity index (χ2n) is 4.83. The van der Waals surface area contributed by atoms with Crippen LogP contribution in [0, 0.1) is 6.92 Å². The van der Waals surface area contributed by atoms with E-state index < -0.39 is 0 Å². The highest BCUT2D eigenvalue weighted by atomic mass is 35.5. The zero-order chi connectivity index (χ0) is 15.1. The van der Waals surface area contributed by atoms with Gasteiger partial charge in [0.25, 0.3) is 5.91 Å². The summed E-state index contributed by atoms with van der Waals surface area (Å²) < 4.78 is 5.19. The molecule has 0 bridgehead atoms. The number of hydrogen-bond acceptors (Lipinski definition) is 4. The SMILES string of the molecule is CCCNCCNC(=O)c1c(-c2ccccc2)noc1C.Cl. The van der Waals surface area contributed by atoms with Crippen LogP contribution in [0.25, 0.3) is 11.3 Å². The number of nitrogens with one attached hydrogen (secondary N) is 2. The third-order valence-electron chi connectivity index (χ3n) is 3.15. The Kier molecular flexibility index (Phi) is 7.63. The molecule has 2 rings (SSSR count). The minimum absolute atomic E-state index is 0. The van der Waals surface area contributed by atoms with Gasteiger partial charge in [0.2, 0.25) is 0 Å². The Balaban J connectivity index is 0.00000242. The zero-order valence-corrected chi connectivity index (χ0v) is 13.7. The van der Waals surface area contributed by atoms with Crippen LogP contribution >= 0.6 is 12.4 Å². The first-order valence-electron chi connectivity index (χ1n) is 7.24. The van der Waals surface area contributed by atoms with Gasteiger partial charge in [-0.15, -0.1) is 12.4 Å². The fourth-order valence-corrected chi connectivity index (χ4v) is 2.09. The number of amides is 1. The molecule has 1 amide bonds. The molecule has 0 aliphatic heterocycles. The molecule has 0 spiro atoms. The van der Waals surface area contributed by atoms with Crippen LogP contribution < -0.4 is 10.6 Å². The lowest BCUT2D eigenvalue weighted by Gasteiger charge is -2.06. The van der Waals surface area contributed by atoms with E-state index in [-0.39, 0.29) is 18.3 Å². The molecule has 5 nitrogen and oxygen atoms in total. The van der Waals surface area contributed by atoms with Crippen LogP contribution in [-0.2, 0) is 0 Å². The van der Waals surface area contributed by atoms with E-state index in [1.165, 1.54) is 0 Å². The molecule has 2 N–H and O–H groups in total. The van der Waals surface area contributed by atoms with E-state index in [2.05, 4.69) is 22.7 Å². The van der Waals surface area contributed by atoms with Crippen LogP contribution in [0.4, 0.5) is 0 Å². The third-order valence-corrected chi connectivity index (χ3v) is 3.15. The molecule has 0 saturated carbocycles. The number of aromatic nitrogens is 1. The highest BCUT2D eigenvalue weighted by Gasteiger charge is 2.20. The van der Waals surface area contributed by atoms with Crippen LogP contribution in [0.15, 0.2) is 34.9 Å². The van der Waals surface area contributed by atoms with Gasteiger partial charge in [-0.25, -0.2) is 0 Å². The normalized spacial score (nSPS) is 10.1. The Labute approximate surface area is 136 Å². The summed E-state index contributed by atoms with van der Waals surface area (Å²) in [5, 5.41) is 10.1. The van der Waals surface area contributed by atoms with E-state index in [1.54, 1.807) is 6.92 Å². The minimum Gasteiger partial charge on any atom is -0.360 e. The van der Waals surface area contributed by atoms with E-state index in [0.29, 0.717) is 23.6 Å². The van der Waals surface area contributed by atoms with E-state index in [0.717, 1.165) is 25.1 Å². The number of halogens is 1. The first kappa shape index (κ1) is 18.2. The summed E-state index contributed by atoms with van der Waals surface area (Å²) in [6.07, 6.45) is 1.08. The van der Waals surface area contributed by atoms with E-state index in [9.17, 15) is 4.79 Å². The summed E-state index contributed by atoms with van der Waals surface area (Å²) in [5.74, 6) is 0.388. The van der Waals surface area contributed by atoms with Gasteiger partial charge in [-0.05, 0) is 19.9 Å². The number of carbonyl (C=O) groups excluding carboxylic acids is 1. The number of carbonyl (C=O) groups is 1. The zero-order valence-electron chi connectivity index (χ0n) is 12.9. The molecular formula is C16H22ClN3O2. The van der Waals surface area contributed by atoms with Crippen molar-refractivity contribution < 1.29 is 9.32 Å². The van der Waals surface area contributed by atoms with E-state index >= 15 is 0 Å². The van der Waals surface area contributed by atoms with Crippen molar-refractivity contribution >= 4 is 18.3 Å². The van der Waals surface area contributed by atoms with Crippen molar-refractivity contribution in [2.75, 3.05) is 19.6 Å². The molecule has 2 aromatic rings.